The van der Waals surface area contributed by atoms with Gasteiger partial charge in [0.15, 0.2) is 11.7 Å². The number of hydrogen-bond donors (Lipinski definition) is 1. The van der Waals surface area contributed by atoms with Crippen LogP contribution in [0.15, 0.2) is 53.3 Å². The number of nitrogens with zero attached hydrogens (tertiary/aromatic N) is 2. The van der Waals surface area contributed by atoms with E-state index in [4.69, 9.17) is 32.4 Å². The number of halogens is 2. The molecule has 2 heterocycles. The number of oxazole rings is 1. The van der Waals surface area contributed by atoms with E-state index in [0.29, 0.717) is 40.1 Å². The van der Waals surface area contributed by atoms with E-state index in [1.807, 2.05) is 6.07 Å². The van der Waals surface area contributed by atoms with Crippen LogP contribution < -0.4 is 5.32 Å². The number of nitrogens with one attached hydrogen (secondary N) is 1. The van der Waals surface area contributed by atoms with Crippen LogP contribution in [0.3, 0.4) is 0 Å². The maximum atomic E-state index is 12.3. The van der Waals surface area contributed by atoms with Gasteiger partial charge in [0.05, 0.1) is 23.7 Å². The third kappa shape index (κ3) is 6.80. The number of ether oxygens (including phenoxy) is 1. The Morgan fingerprint density at radius 2 is 2.06 bits per heavy atom. The Balaban J connectivity index is 1.53. The summed E-state index contributed by atoms with van der Waals surface area (Å²) in [5, 5.41) is 3.78. The number of pyridine rings is 1. The highest BCUT2D eigenvalue weighted by molar-refractivity contribution is 6.36. The van der Waals surface area contributed by atoms with Gasteiger partial charge >= 0.3 is 5.97 Å². The number of esters is 1. The zero-order chi connectivity index (χ0) is 22.9. The Morgan fingerprint density at radius 1 is 1.22 bits per heavy atom. The molecular weight excluding hydrogens is 453 g/mol. The lowest BCUT2D eigenvalue weighted by molar-refractivity contribution is -0.147. The fourth-order valence-corrected chi connectivity index (χ4v) is 3.59. The number of carbonyl (C=O) groups is 2. The van der Waals surface area contributed by atoms with E-state index >= 15 is 0 Å². The van der Waals surface area contributed by atoms with Gasteiger partial charge in [-0.15, -0.1) is 0 Å². The molecule has 0 unspecified atom stereocenters. The molecule has 0 saturated carbocycles. The number of benzene rings is 1. The predicted molar refractivity (Wildman–Crippen MR) is 121 cm³/mol. The molecule has 0 fully saturated rings. The number of carbonyl (C=O) groups excluding carboxylic acids is 2. The first-order valence-corrected chi connectivity index (χ1v) is 10.9. The normalized spacial score (nSPS) is 11.7. The van der Waals surface area contributed by atoms with Gasteiger partial charge in [0, 0.05) is 42.4 Å². The minimum absolute atomic E-state index is 0.163. The van der Waals surface area contributed by atoms with Gasteiger partial charge in [0.1, 0.15) is 0 Å². The fraction of sp³-hybridized carbons (Fsp3) is 0.304. The molecule has 168 valence electrons. The largest absolute Gasteiger partial charge is 0.466 e. The minimum atomic E-state index is -0.497. The molecule has 0 spiro atoms. The molecule has 1 amide bonds. The summed E-state index contributed by atoms with van der Waals surface area (Å²) in [6.07, 6.45) is 5.83. The summed E-state index contributed by atoms with van der Waals surface area (Å²) >= 11 is 12.1. The monoisotopic (exact) mass is 475 g/mol. The number of rotatable bonds is 10. The second-order valence-corrected chi connectivity index (χ2v) is 7.90. The van der Waals surface area contributed by atoms with Crippen molar-refractivity contribution >= 4 is 35.1 Å². The molecule has 0 aliphatic rings. The molecule has 7 nitrogen and oxygen atoms in total. The van der Waals surface area contributed by atoms with Crippen LogP contribution in [0.25, 0.3) is 11.3 Å². The van der Waals surface area contributed by atoms with Gasteiger partial charge in [-0.1, -0.05) is 29.3 Å². The van der Waals surface area contributed by atoms with E-state index in [-0.39, 0.29) is 31.4 Å². The summed E-state index contributed by atoms with van der Waals surface area (Å²) in [6, 6.07) is 8.77. The van der Waals surface area contributed by atoms with Crippen molar-refractivity contribution in [1.29, 1.82) is 0 Å². The van der Waals surface area contributed by atoms with Gasteiger partial charge in [-0.05, 0) is 43.2 Å². The average Bonchev–Trinajstić information content (AvgIpc) is 3.24. The summed E-state index contributed by atoms with van der Waals surface area (Å²) in [4.78, 5) is 32.9. The van der Waals surface area contributed by atoms with Gasteiger partial charge in [0.2, 0.25) is 5.91 Å². The van der Waals surface area contributed by atoms with Crippen LogP contribution >= 0.6 is 23.2 Å². The zero-order valence-electron chi connectivity index (χ0n) is 17.5. The lowest BCUT2D eigenvalue weighted by Gasteiger charge is -2.16. The van der Waals surface area contributed by atoms with Crippen molar-refractivity contribution in [2.45, 2.75) is 26.2 Å². The van der Waals surface area contributed by atoms with Gasteiger partial charge in [-0.25, -0.2) is 4.98 Å². The fourth-order valence-electron chi connectivity index (χ4n) is 3.09. The van der Waals surface area contributed by atoms with Crippen molar-refractivity contribution in [3.05, 3.63) is 70.4 Å². The first-order valence-electron chi connectivity index (χ1n) is 10.2. The molecule has 1 aromatic carbocycles. The maximum Gasteiger partial charge on any atom is 0.311 e. The maximum absolute atomic E-state index is 12.3. The van der Waals surface area contributed by atoms with E-state index in [2.05, 4.69) is 15.3 Å². The van der Waals surface area contributed by atoms with E-state index in [1.165, 1.54) is 0 Å². The first kappa shape index (κ1) is 23.8. The Kier molecular flexibility index (Phi) is 8.64. The highest BCUT2D eigenvalue weighted by Crippen LogP contribution is 2.30. The summed E-state index contributed by atoms with van der Waals surface area (Å²) in [7, 11) is 0. The molecule has 9 heteroatoms. The molecule has 3 rings (SSSR count). The van der Waals surface area contributed by atoms with Crippen molar-refractivity contribution in [3.63, 3.8) is 0 Å². The van der Waals surface area contributed by atoms with Gasteiger partial charge in [-0.2, -0.15) is 0 Å². The third-order valence-corrected chi connectivity index (χ3v) is 5.23. The van der Waals surface area contributed by atoms with Crippen LogP contribution in [0.5, 0.6) is 0 Å². The molecule has 0 bridgehead atoms. The molecule has 1 N–H and O–H groups in total. The van der Waals surface area contributed by atoms with E-state index < -0.39 is 5.92 Å². The number of aromatic nitrogens is 2. The van der Waals surface area contributed by atoms with Crippen LogP contribution in [0, 0.1) is 5.92 Å². The van der Waals surface area contributed by atoms with Gasteiger partial charge in [0.25, 0.3) is 0 Å². The van der Waals surface area contributed by atoms with Crippen LogP contribution in [-0.2, 0) is 27.2 Å². The molecule has 32 heavy (non-hydrogen) atoms. The minimum Gasteiger partial charge on any atom is -0.466 e. The van der Waals surface area contributed by atoms with Crippen molar-refractivity contribution < 1.29 is 18.7 Å². The highest BCUT2D eigenvalue weighted by atomic mass is 35.5. The van der Waals surface area contributed by atoms with Crippen LogP contribution in [0.4, 0.5) is 0 Å². The summed E-state index contributed by atoms with van der Waals surface area (Å²) < 4.78 is 10.9. The van der Waals surface area contributed by atoms with E-state index in [9.17, 15) is 9.59 Å². The van der Waals surface area contributed by atoms with Crippen molar-refractivity contribution in [2.24, 2.45) is 5.92 Å². The Hall–Kier alpha value is -2.90. The Labute approximate surface area is 196 Å². The SMILES string of the molecule is CCOC(=O)[C@@H](CNC(=O)CCc1ncc(-c2ccc(Cl)cc2Cl)o1)Cc1cccnc1. The standard InChI is InChI=1S/C23H23Cl2N3O4/c1-2-31-23(30)16(10-15-4-3-9-26-12-15)13-27-21(29)7-8-22-28-14-20(32-22)18-6-5-17(24)11-19(18)25/h3-6,9,11-12,14,16H,2,7-8,10,13H2,1H3,(H,27,29)/t16-/m1/s1. The van der Waals surface area contributed by atoms with Gasteiger partial charge < -0.3 is 14.5 Å². The third-order valence-electron chi connectivity index (χ3n) is 4.69. The quantitative estimate of drug-likeness (QED) is 0.433. The lowest BCUT2D eigenvalue weighted by Crippen LogP contribution is -2.35. The highest BCUT2D eigenvalue weighted by Gasteiger charge is 2.21. The van der Waals surface area contributed by atoms with E-state index in [1.54, 1.807) is 49.8 Å². The summed E-state index contributed by atoms with van der Waals surface area (Å²) in [5.41, 5.74) is 1.57. The van der Waals surface area contributed by atoms with Crippen LogP contribution in [-0.4, -0.2) is 35.0 Å². The summed E-state index contributed by atoms with van der Waals surface area (Å²) in [6.45, 7) is 2.20. The Morgan fingerprint density at radius 3 is 2.78 bits per heavy atom. The average molecular weight is 476 g/mol. The molecule has 0 aliphatic heterocycles. The Bertz CT molecular complexity index is 1060. The number of aryl methyl sites for hydroxylation is 1. The molecule has 0 saturated heterocycles. The van der Waals surface area contributed by atoms with Crippen LogP contribution in [0.2, 0.25) is 10.0 Å². The second-order valence-electron chi connectivity index (χ2n) is 7.06. The van der Waals surface area contributed by atoms with Crippen molar-refractivity contribution in [1.82, 2.24) is 15.3 Å². The predicted octanol–water partition coefficient (Wildman–Crippen LogP) is 4.51. The number of amides is 1. The zero-order valence-corrected chi connectivity index (χ0v) is 19.0. The molecule has 0 radical (unpaired) electrons. The molecular formula is C23H23Cl2N3O4. The van der Waals surface area contributed by atoms with Gasteiger partial charge in [-0.3, -0.25) is 14.6 Å². The topological polar surface area (TPSA) is 94.3 Å². The number of hydrogen-bond acceptors (Lipinski definition) is 6. The van der Waals surface area contributed by atoms with Crippen LogP contribution in [0.1, 0.15) is 24.8 Å². The summed E-state index contributed by atoms with van der Waals surface area (Å²) in [5.74, 6) is -0.147. The van der Waals surface area contributed by atoms with Crippen molar-refractivity contribution in [2.75, 3.05) is 13.2 Å². The first-order chi connectivity index (χ1) is 15.5. The van der Waals surface area contributed by atoms with E-state index in [0.717, 1.165) is 5.56 Å². The smallest absolute Gasteiger partial charge is 0.311 e. The molecule has 2 aromatic heterocycles. The molecule has 0 aliphatic carbocycles. The molecule has 3 aromatic rings. The van der Waals surface area contributed by atoms with Crippen molar-refractivity contribution in [3.8, 4) is 11.3 Å². The molecule has 1 atom stereocenters. The lowest BCUT2D eigenvalue weighted by atomic mass is 10.0. The second kappa shape index (κ2) is 11.6.